The van der Waals surface area contributed by atoms with Gasteiger partial charge in [-0.15, -0.1) is 11.3 Å². The molecule has 5 nitrogen and oxygen atoms in total. The molecule has 6 heteroatoms. The fourth-order valence-electron chi connectivity index (χ4n) is 4.46. The van der Waals surface area contributed by atoms with E-state index in [-0.39, 0.29) is 17.9 Å². The van der Waals surface area contributed by atoms with E-state index in [0.29, 0.717) is 29.1 Å². The summed E-state index contributed by atoms with van der Waals surface area (Å²) in [5.41, 5.74) is 1.68. The zero-order chi connectivity index (χ0) is 20.3. The summed E-state index contributed by atoms with van der Waals surface area (Å²) in [6.07, 6.45) is 9.03. The molecule has 0 radical (unpaired) electrons. The Morgan fingerprint density at radius 1 is 1.25 bits per heavy atom. The van der Waals surface area contributed by atoms with Crippen LogP contribution in [-0.2, 0) is 22.4 Å². The molecule has 1 heterocycles. The number of nitrogens with one attached hydrogen (secondary N) is 1. The highest BCUT2D eigenvalue weighted by Gasteiger charge is 2.31. The van der Waals surface area contributed by atoms with Crippen LogP contribution in [0.3, 0.4) is 0 Å². The molecular weight excluding hydrogens is 372 g/mol. The summed E-state index contributed by atoms with van der Waals surface area (Å²) < 4.78 is 5.31. The van der Waals surface area contributed by atoms with Crippen LogP contribution < -0.4 is 5.32 Å². The molecule has 0 spiro atoms. The summed E-state index contributed by atoms with van der Waals surface area (Å²) in [5.74, 6) is 0.268. The summed E-state index contributed by atoms with van der Waals surface area (Å²) in [6.45, 7) is 6.36. The van der Waals surface area contributed by atoms with Gasteiger partial charge in [0.2, 0.25) is 5.91 Å². The number of hydrogen-bond donors (Lipinski definition) is 1. The molecule has 2 aliphatic carbocycles. The summed E-state index contributed by atoms with van der Waals surface area (Å²) >= 11 is 1.56. The van der Waals surface area contributed by atoms with Crippen molar-refractivity contribution in [3.63, 3.8) is 0 Å². The second kappa shape index (κ2) is 9.40. The number of amides is 1. The highest BCUT2D eigenvalue weighted by molar-refractivity contribution is 7.17. The molecule has 0 aromatic carbocycles. The molecule has 1 aromatic heterocycles. The first-order valence-electron chi connectivity index (χ1n) is 10.8. The number of anilines is 1. The molecule has 1 aromatic rings. The van der Waals surface area contributed by atoms with Crippen LogP contribution >= 0.6 is 11.3 Å². The van der Waals surface area contributed by atoms with Gasteiger partial charge < -0.3 is 10.1 Å². The van der Waals surface area contributed by atoms with Gasteiger partial charge in [-0.2, -0.15) is 0 Å². The number of carbonyl (C=O) groups excluding carboxylic acids is 2. The minimum Gasteiger partial charge on any atom is -0.462 e. The number of hydrogen-bond acceptors (Lipinski definition) is 5. The lowest BCUT2D eigenvalue weighted by molar-refractivity contribution is -0.121. The van der Waals surface area contributed by atoms with Crippen molar-refractivity contribution in [3.8, 4) is 0 Å². The van der Waals surface area contributed by atoms with Crippen molar-refractivity contribution in [2.45, 2.75) is 84.2 Å². The number of ether oxygens (including phenoxy) is 1. The Kier molecular flexibility index (Phi) is 7.15. The van der Waals surface area contributed by atoms with Gasteiger partial charge in [0.05, 0.1) is 18.2 Å². The molecule has 0 bridgehead atoms. The number of carbonyl (C=O) groups is 2. The maximum absolute atomic E-state index is 13.0. The van der Waals surface area contributed by atoms with Gasteiger partial charge in [0.15, 0.2) is 0 Å². The minimum absolute atomic E-state index is 0.0368. The Bertz CT molecular complexity index is 709. The number of likely N-dealkylation sites (N-methyl/N-ethyl adjacent to an activating group) is 1. The second-order valence-electron chi connectivity index (χ2n) is 8.40. The lowest BCUT2D eigenvalue weighted by atomic mass is 9.88. The minimum atomic E-state index is -0.307. The first-order valence-corrected chi connectivity index (χ1v) is 11.6. The Morgan fingerprint density at radius 2 is 1.96 bits per heavy atom. The molecule has 0 unspecified atom stereocenters. The quantitative estimate of drug-likeness (QED) is 0.699. The molecule has 156 valence electrons. The van der Waals surface area contributed by atoms with E-state index in [2.05, 4.69) is 17.1 Å². The van der Waals surface area contributed by atoms with Crippen LogP contribution in [-0.4, -0.2) is 42.5 Å². The Balaban J connectivity index is 1.78. The lowest BCUT2D eigenvalue weighted by Gasteiger charge is -2.34. The summed E-state index contributed by atoms with van der Waals surface area (Å²) in [6, 6.07) is 0.243. The number of thiophene rings is 1. The molecule has 1 amide bonds. The van der Waals surface area contributed by atoms with Crippen LogP contribution in [0.25, 0.3) is 0 Å². The zero-order valence-corrected chi connectivity index (χ0v) is 18.5. The monoisotopic (exact) mass is 406 g/mol. The van der Waals surface area contributed by atoms with Crippen molar-refractivity contribution in [1.29, 1.82) is 0 Å². The van der Waals surface area contributed by atoms with Gasteiger partial charge >= 0.3 is 5.97 Å². The molecular formula is C22H34N2O3S. The average molecular weight is 407 g/mol. The molecule has 3 rings (SSSR count). The molecule has 1 N–H and O–H groups in total. The third-order valence-corrected chi connectivity index (χ3v) is 7.54. The third kappa shape index (κ3) is 4.60. The van der Waals surface area contributed by atoms with Crippen LogP contribution in [0.5, 0.6) is 0 Å². The van der Waals surface area contributed by atoms with Crippen molar-refractivity contribution in [1.82, 2.24) is 4.90 Å². The fraction of sp³-hybridized carbons (Fsp3) is 0.727. The van der Waals surface area contributed by atoms with Crippen molar-refractivity contribution in [3.05, 3.63) is 16.0 Å². The van der Waals surface area contributed by atoms with E-state index in [9.17, 15) is 9.59 Å². The maximum atomic E-state index is 13.0. The van der Waals surface area contributed by atoms with E-state index >= 15 is 0 Å². The first kappa shape index (κ1) is 21.3. The second-order valence-corrected chi connectivity index (χ2v) is 9.50. The van der Waals surface area contributed by atoms with Gasteiger partial charge in [-0.1, -0.05) is 26.2 Å². The van der Waals surface area contributed by atoms with E-state index in [4.69, 9.17) is 4.74 Å². The highest BCUT2D eigenvalue weighted by Crippen LogP contribution is 2.40. The topological polar surface area (TPSA) is 58.6 Å². The van der Waals surface area contributed by atoms with Gasteiger partial charge in [0.1, 0.15) is 5.00 Å². The van der Waals surface area contributed by atoms with E-state index < -0.39 is 0 Å². The maximum Gasteiger partial charge on any atom is 0.341 e. The van der Waals surface area contributed by atoms with Crippen LogP contribution in [0.1, 0.15) is 80.1 Å². The summed E-state index contributed by atoms with van der Waals surface area (Å²) in [4.78, 5) is 29.1. The standard InChI is InChI=1S/C22H34N2O3S/c1-5-27-22(26)19-17-12-11-14(2)13-18(17)28-21(19)23-20(25)15(3)24(4)16-9-7-6-8-10-16/h14-16H,5-13H2,1-4H3,(H,23,25)/t14-,15+/m1/s1. The lowest BCUT2D eigenvalue weighted by Crippen LogP contribution is -2.46. The predicted molar refractivity (Wildman–Crippen MR) is 114 cm³/mol. The third-order valence-electron chi connectivity index (χ3n) is 6.37. The number of fused-ring (bicyclic) bond motifs is 1. The molecule has 2 atom stereocenters. The van der Waals surface area contributed by atoms with Gasteiger partial charge in [-0.25, -0.2) is 4.79 Å². The molecule has 2 aliphatic rings. The van der Waals surface area contributed by atoms with Crippen LogP contribution in [0.4, 0.5) is 5.00 Å². The van der Waals surface area contributed by atoms with Gasteiger partial charge in [-0.3, -0.25) is 9.69 Å². The van der Waals surface area contributed by atoms with Crippen LogP contribution in [0.2, 0.25) is 0 Å². The Morgan fingerprint density at radius 3 is 2.64 bits per heavy atom. The normalized spacial score (nSPS) is 21.2. The van der Waals surface area contributed by atoms with E-state index in [1.807, 2.05) is 20.9 Å². The van der Waals surface area contributed by atoms with E-state index in [1.54, 1.807) is 11.3 Å². The zero-order valence-electron chi connectivity index (χ0n) is 17.7. The number of nitrogens with zero attached hydrogens (tertiary/aromatic N) is 1. The van der Waals surface area contributed by atoms with E-state index in [0.717, 1.165) is 37.7 Å². The van der Waals surface area contributed by atoms with E-state index in [1.165, 1.54) is 24.1 Å². The Hall–Kier alpha value is -1.40. The van der Waals surface area contributed by atoms with Crippen molar-refractivity contribution in [2.75, 3.05) is 19.0 Å². The first-order chi connectivity index (χ1) is 13.4. The van der Waals surface area contributed by atoms with Crippen LogP contribution in [0, 0.1) is 5.92 Å². The van der Waals surface area contributed by atoms with Crippen LogP contribution in [0.15, 0.2) is 0 Å². The Labute approximate surface area is 172 Å². The van der Waals surface area contributed by atoms with Gasteiger partial charge in [-0.05, 0) is 64.5 Å². The molecule has 1 saturated carbocycles. The fourth-order valence-corrected chi connectivity index (χ4v) is 5.87. The smallest absolute Gasteiger partial charge is 0.341 e. The largest absolute Gasteiger partial charge is 0.462 e. The van der Waals surface area contributed by atoms with Gasteiger partial charge in [0, 0.05) is 10.9 Å². The SMILES string of the molecule is CCOC(=O)c1c(NC(=O)[C@H](C)N(C)C2CCCCC2)sc2c1CC[C@@H](C)C2. The van der Waals surface area contributed by atoms with Gasteiger partial charge in [0.25, 0.3) is 0 Å². The summed E-state index contributed by atoms with van der Waals surface area (Å²) in [7, 11) is 2.05. The van der Waals surface area contributed by atoms with Crippen molar-refractivity contribution >= 4 is 28.2 Å². The van der Waals surface area contributed by atoms with Crippen molar-refractivity contribution in [2.24, 2.45) is 5.92 Å². The molecule has 0 saturated heterocycles. The number of esters is 1. The number of rotatable bonds is 6. The average Bonchev–Trinajstić information content (AvgIpc) is 3.04. The predicted octanol–water partition coefficient (Wildman–Crippen LogP) is 4.64. The summed E-state index contributed by atoms with van der Waals surface area (Å²) in [5, 5.41) is 3.75. The van der Waals surface area contributed by atoms with Crippen molar-refractivity contribution < 1.29 is 14.3 Å². The highest BCUT2D eigenvalue weighted by atomic mass is 32.1. The molecule has 28 heavy (non-hydrogen) atoms. The molecule has 0 aliphatic heterocycles. The molecule has 1 fully saturated rings.